The molecule has 0 aromatic carbocycles. The van der Waals surface area contributed by atoms with E-state index in [0.29, 0.717) is 24.9 Å². The van der Waals surface area contributed by atoms with Crippen molar-refractivity contribution in [2.24, 2.45) is 23.0 Å². The maximum Gasteiger partial charge on any atom is 0.407 e. The van der Waals surface area contributed by atoms with Gasteiger partial charge in [0, 0.05) is 18.5 Å². The molecule has 18 heavy (non-hydrogen) atoms. The molecule has 2 aliphatic carbocycles. The highest BCUT2D eigenvalue weighted by Gasteiger charge is 2.47. The SMILES string of the molecule is CC(C)(C)OC(=O)NCC1(CN)CC2C=CC1C2. The summed E-state index contributed by atoms with van der Waals surface area (Å²) in [4.78, 5) is 11.7. The van der Waals surface area contributed by atoms with Crippen LogP contribution in [0.2, 0.25) is 0 Å². The van der Waals surface area contributed by atoms with Crippen LogP contribution in [0.15, 0.2) is 12.2 Å². The van der Waals surface area contributed by atoms with E-state index in [1.165, 1.54) is 6.42 Å². The van der Waals surface area contributed by atoms with Crippen molar-refractivity contribution in [3.8, 4) is 0 Å². The van der Waals surface area contributed by atoms with Gasteiger partial charge < -0.3 is 15.8 Å². The Hall–Kier alpha value is -1.03. The molecule has 2 aliphatic rings. The fraction of sp³-hybridized carbons (Fsp3) is 0.786. The van der Waals surface area contributed by atoms with E-state index in [-0.39, 0.29) is 11.5 Å². The summed E-state index contributed by atoms with van der Waals surface area (Å²) >= 11 is 0. The van der Waals surface area contributed by atoms with Crippen LogP contribution in [-0.2, 0) is 4.74 Å². The molecule has 2 rings (SSSR count). The Kier molecular flexibility index (Phi) is 3.41. The topological polar surface area (TPSA) is 64.3 Å². The van der Waals surface area contributed by atoms with Gasteiger partial charge in [-0.1, -0.05) is 12.2 Å². The summed E-state index contributed by atoms with van der Waals surface area (Å²) in [6.45, 7) is 6.83. The third-order valence-corrected chi connectivity index (χ3v) is 4.02. The first-order chi connectivity index (χ1) is 8.35. The summed E-state index contributed by atoms with van der Waals surface area (Å²) in [5.41, 5.74) is 5.53. The molecule has 0 aliphatic heterocycles. The highest BCUT2D eigenvalue weighted by atomic mass is 16.6. The zero-order chi connectivity index (χ0) is 13.4. The molecule has 0 aromatic heterocycles. The summed E-state index contributed by atoms with van der Waals surface area (Å²) in [6.07, 6.45) is 6.47. The Morgan fingerprint density at radius 3 is 2.67 bits per heavy atom. The number of nitrogens with one attached hydrogen (secondary N) is 1. The van der Waals surface area contributed by atoms with Crippen LogP contribution in [0.5, 0.6) is 0 Å². The number of hydrogen-bond acceptors (Lipinski definition) is 3. The number of carbonyl (C=O) groups is 1. The molecule has 3 N–H and O–H groups in total. The smallest absolute Gasteiger partial charge is 0.407 e. The zero-order valence-corrected chi connectivity index (χ0v) is 11.5. The third-order valence-electron chi connectivity index (χ3n) is 4.02. The minimum atomic E-state index is -0.450. The van der Waals surface area contributed by atoms with Gasteiger partial charge in [-0.05, 0) is 45.4 Å². The van der Waals surface area contributed by atoms with Gasteiger partial charge in [-0.25, -0.2) is 4.79 Å². The monoisotopic (exact) mass is 252 g/mol. The van der Waals surface area contributed by atoms with Crippen LogP contribution in [0.4, 0.5) is 4.79 Å². The molecule has 3 atom stereocenters. The molecule has 1 amide bonds. The van der Waals surface area contributed by atoms with E-state index in [1.807, 2.05) is 20.8 Å². The van der Waals surface area contributed by atoms with Crippen LogP contribution in [0.1, 0.15) is 33.6 Å². The maximum absolute atomic E-state index is 11.7. The van der Waals surface area contributed by atoms with E-state index in [1.54, 1.807) is 0 Å². The second-order valence-corrected chi connectivity index (χ2v) is 6.61. The third kappa shape index (κ3) is 2.69. The van der Waals surface area contributed by atoms with E-state index in [2.05, 4.69) is 17.5 Å². The van der Waals surface area contributed by atoms with Gasteiger partial charge in [0.2, 0.25) is 0 Å². The fourth-order valence-corrected chi connectivity index (χ4v) is 3.13. The lowest BCUT2D eigenvalue weighted by atomic mass is 9.76. The van der Waals surface area contributed by atoms with Crippen molar-refractivity contribution in [1.29, 1.82) is 0 Å². The van der Waals surface area contributed by atoms with Crippen LogP contribution in [-0.4, -0.2) is 24.8 Å². The van der Waals surface area contributed by atoms with E-state index in [4.69, 9.17) is 10.5 Å². The lowest BCUT2D eigenvalue weighted by Gasteiger charge is -2.34. The molecule has 2 bridgehead atoms. The zero-order valence-electron chi connectivity index (χ0n) is 11.5. The predicted molar refractivity (Wildman–Crippen MR) is 71.1 cm³/mol. The molecule has 0 radical (unpaired) electrons. The van der Waals surface area contributed by atoms with Crippen molar-refractivity contribution in [3.63, 3.8) is 0 Å². The van der Waals surface area contributed by atoms with Gasteiger partial charge in [0.25, 0.3) is 0 Å². The van der Waals surface area contributed by atoms with E-state index in [0.717, 1.165) is 6.42 Å². The summed E-state index contributed by atoms with van der Waals surface area (Å²) in [6, 6.07) is 0. The summed E-state index contributed by atoms with van der Waals surface area (Å²) in [5.74, 6) is 1.17. The first-order valence-corrected chi connectivity index (χ1v) is 6.70. The van der Waals surface area contributed by atoms with Gasteiger partial charge in [-0.2, -0.15) is 0 Å². The molecule has 0 aromatic rings. The average Bonchev–Trinajstić information content (AvgIpc) is 2.84. The Morgan fingerprint density at radius 1 is 1.50 bits per heavy atom. The first kappa shape index (κ1) is 13.4. The van der Waals surface area contributed by atoms with E-state index < -0.39 is 5.60 Å². The molecule has 0 saturated heterocycles. The van der Waals surface area contributed by atoms with Gasteiger partial charge in [-0.3, -0.25) is 0 Å². The van der Waals surface area contributed by atoms with Gasteiger partial charge in [0.15, 0.2) is 0 Å². The normalized spacial score (nSPS) is 33.8. The lowest BCUT2D eigenvalue weighted by Crippen LogP contribution is -2.46. The number of rotatable bonds is 3. The molecular formula is C14H24N2O2. The van der Waals surface area contributed by atoms with Crippen molar-refractivity contribution >= 4 is 6.09 Å². The molecule has 3 unspecified atom stereocenters. The van der Waals surface area contributed by atoms with Crippen LogP contribution < -0.4 is 11.1 Å². The van der Waals surface area contributed by atoms with Gasteiger partial charge in [-0.15, -0.1) is 0 Å². The Morgan fingerprint density at radius 2 is 2.22 bits per heavy atom. The molecule has 4 nitrogen and oxygen atoms in total. The minimum absolute atomic E-state index is 0.0380. The van der Waals surface area contributed by atoms with Crippen molar-refractivity contribution in [2.75, 3.05) is 13.1 Å². The summed E-state index contributed by atoms with van der Waals surface area (Å²) in [7, 11) is 0. The quantitative estimate of drug-likeness (QED) is 0.756. The Bertz CT molecular complexity index is 359. The number of allylic oxidation sites excluding steroid dienone is 2. The fourth-order valence-electron chi connectivity index (χ4n) is 3.13. The number of nitrogens with two attached hydrogens (primary N) is 1. The first-order valence-electron chi connectivity index (χ1n) is 6.70. The maximum atomic E-state index is 11.7. The summed E-state index contributed by atoms with van der Waals surface area (Å²) < 4.78 is 5.26. The van der Waals surface area contributed by atoms with Gasteiger partial charge >= 0.3 is 6.09 Å². The molecule has 1 saturated carbocycles. The van der Waals surface area contributed by atoms with Crippen LogP contribution in [0, 0.1) is 17.3 Å². The number of amides is 1. The summed E-state index contributed by atoms with van der Waals surface area (Å²) in [5, 5.41) is 2.88. The molecule has 102 valence electrons. The Balaban J connectivity index is 1.89. The second-order valence-electron chi connectivity index (χ2n) is 6.61. The van der Waals surface area contributed by atoms with Crippen LogP contribution in [0.3, 0.4) is 0 Å². The highest BCUT2D eigenvalue weighted by Crippen LogP contribution is 2.51. The number of carbonyl (C=O) groups excluding carboxylic acids is 1. The second kappa shape index (κ2) is 4.57. The minimum Gasteiger partial charge on any atom is -0.444 e. The van der Waals surface area contributed by atoms with Crippen molar-refractivity contribution in [3.05, 3.63) is 12.2 Å². The van der Waals surface area contributed by atoms with Crippen LogP contribution in [0.25, 0.3) is 0 Å². The highest BCUT2D eigenvalue weighted by molar-refractivity contribution is 5.67. The van der Waals surface area contributed by atoms with E-state index in [9.17, 15) is 4.79 Å². The number of alkyl carbamates (subject to hydrolysis) is 1. The Labute approximate surface area is 109 Å². The van der Waals surface area contributed by atoms with Crippen molar-refractivity contribution in [2.45, 2.75) is 39.2 Å². The van der Waals surface area contributed by atoms with Gasteiger partial charge in [0.05, 0.1) is 0 Å². The average molecular weight is 252 g/mol. The number of fused-ring (bicyclic) bond motifs is 2. The molecule has 0 heterocycles. The lowest BCUT2D eigenvalue weighted by molar-refractivity contribution is 0.0492. The largest absolute Gasteiger partial charge is 0.444 e. The molecule has 0 spiro atoms. The molecular weight excluding hydrogens is 228 g/mol. The molecule has 4 heteroatoms. The van der Waals surface area contributed by atoms with Crippen molar-refractivity contribution in [1.82, 2.24) is 5.32 Å². The van der Waals surface area contributed by atoms with E-state index >= 15 is 0 Å². The predicted octanol–water partition coefficient (Wildman–Crippen LogP) is 2.05. The standard InChI is InChI=1S/C14H24N2O2/c1-13(2,3)18-12(17)16-9-14(8-15)7-10-4-5-11(14)6-10/h4-5,10-11H,6-9,15H2,1-3H3,(H,16,17). The van der Waals surface area contributed by atoms with Gasteiger partial charge in [0.1, 0.15) is 5.60 Å². The number of hydrogen-bond donors (Lipinski definition) is 2. The van der Waals surface area contributed by atoms with Crippen LogP contribution >= 0.6 is 0 Å². The molecule has 1 fully saturated rings. The van der Waals surface area contributed by atoms with Crippen molar-refractivity contribution < 1.29 is 9.53 Å². The number of ether oxygens (including phenoxy) is 1.